The zero-order chi connectivity index (χ0) is 18.2. The molecule has 8 nitrogen and oxygen atoms in total. The van der Waals surface area contributed by atoms with Crippen LogP contribution in [0.1, 0.15) is 28.7 Å². The van der Waals surface area contributed by atoms with Crippen LogP contribution in [-0.4, -0.2) is 46.2 Å². The molecule has 2 aliphatic rings. The number of carbonyl (C=O) groups is 3. The Balaban J connectivity index is 1.87. The number of hydrogen-bond donors (Lipinski definition) is 1. The van der Waals surface area contributed by atoms with E-state index in [1.54, 1.807) is 43.2 Å². The molecule has 25 heavy (non-hydrogen) atoms. The number of ether oxygens (including phenoxy) is 1. The Bertz CT molecular complexity index is 854. The maximum atomic E-state index is 12.9. The summed E-state index contributed by atoms with van der Waals surface area (Å²) in [5.41, 5.74) is -0.666. The number of aromatic nitrogens is 1. The first-order valence-electron chi connectivity index (χ1n) is 7.48. The van der Waals surface area contributed by atoms with Gasteiger partial charge in [0, 0.05) is 6.20 Å². The lowest BCUT2D eigenvalue weighted by atomic mass is 9.91. The van der Waals surface area contributed by atoms with E-state index in [4.69, 9.17) is 0 Å². The van der Waals surface area contributed by atoms with Crippen LogP contribution in [0.5, 0.6) is 0 Å². The van der Waals surface area contributed by atoms with E-state index >= 15 is 0 Å². The molecule has 0 radical (unpaired) electrons. The molecule has 0 spiro atoms. The van der Waals surface area contributed by atoms with E-state index in [0.717, 1.165) is 11.3 Å². The van der Waals surface area contributed by atoms with E-state index in [1.807, 2.05) is 0 Å². The van der Waals surface area contributed by atoms with Crippen LogP contribution < -0.4 is 5.32 Å². The van der Waals surface area contributed by atoms with E-state index in [-0.39, 0.29) is 17.5 Å². The van der Waals surface area contributed by atoms with Crippen molar-refractivity contribution in [2.45, 2.75) is 25.8 Å². The molecule has 1 atom stereocenters. The smallest absolute Gasteiger partial charge is 0.350 e. The van der Waals surface area contributed by atoms with Crippen molar-refractivity contribution in [2.24, 2.45) is 4.99 Å². The molecule has 0 fully saturated rings. The van der Waals surface area contributed by atoms with E-state index in [2.05, 4.69) is 20.0 Å². The van der Waals surface area contributed by atoms with Gasteiger partial charge in [-0.05, 0) is 26.0 Å². The van der Waals surface area contributed by atoms with Crippen LogP contribution in [0.2, 0.25) is 0 Å². The number of esters is 1. The molecule has 0 saturated heterocycles. The molecule has 9 heteroatoms. The molecule has 3 rings (SSSR count). The van der Waals surface area contributed by atoms with Crippen LogP contribution >= 0.6 is 11.3 Å². The second kappa shape index (κ2) is 6.25. The number of aryl methyl sites for hydroxylation is 1. The Labute approximate surface area is 147 Å². The molecule has 2 aliphatic heterocycles. The molecular weight excluding hydrogens is 344 g/mol. The first kappa shape index (κ1) is 17.0. The van der Waals surface area contributed by atoms with Crippen molar-refractivity contribution in [3.8, 4) is 0 Å². The number of hydrogen-bond acceptors (Lipinski definition) is 7. The van der Waals surface area contributed by atoms with Crippen molar-refractivity contribution in [3.05, 3.63) is 35.0 Å². The van der Waals surface area contributed by atoms with Crippen LogP contribution in [0.15, 0.2) is 29.4 Å². The number of nitrogens with one attached hydrogen (secondary N) is 1. The first-order chi connectivity index (χ1) is 11.8. The van der Waals surface area contributed by atoms with Gasteiger partial charge in [0.15, 0.2) is 5.13 Å². The van der Waals surface area contributed by atoms with Gasteiger partial charge in [0.05, 0.1) is 19.2 Å². The Morgan fingerprint density at radius 2 is 2.16 bits per heavy atom. The SMILES string of the molecule is COC(=O)c1sc(NC(=O)C2(C)CC(=O)N=C3C=CC=CN32)nc1C. The number of aliphatic imine (C=N–C) groups is 1. The van der Waals surface area contributed by atoms with Crippen LogP contribution in [0, 0.1) is 6.92 Å². The summed E-state index contributed by atoms with van der Waals surface area (Å²) in [6.45, 7) is 3.33. The van der Waals surface area contributed by atoms with Crippen LogP contribution in [0.3, 0.4) is 0 Å². The Morgan fingerprint density at radius 1 is 1.40 bits per heavy atom. The highest BCUT2D eigenvalue weighted by molar-refractivity contribution is 7.17. The highest BCUT2D eigenvalue weighted by Gasteiger charge is 2.45. The van der Waals surface area contributed by atoms with Crippen molar-refractivity contribution in [3.63, 3.8) is 0 Å². The molecule has 0 saturated carbocycles. The molecule has 3 heterocycles. The third kappa shape index (κ3) is 2.98. The number of allylic oxidation sites excluding steroid dienone is 2. The molecule has 0 bridgehead atoms. The largest absolute Gasteiger partial charge is 0.465 e. The number of thiazole rings is 1. The average molecular weight is 360 g/mol. The molecule has 0 aromatic carbocycles. The minimum absolute atomic E-state index is 0.0608. The zero-order valence-electron chi connectivity index (χ0n) is 13.9. The highest BCUT2D eigenvalue weighted by atomic mass is 32.1. The normalized spacial score (nSPS) is 21.6. The fourth-order valence-electron chi connectivity index (χ4n) is 2.64. The maximum absolute atomic E-state index is 12.9. The Kier molecular flexibility index (Phi) is 4.25. The second-order valence-corrected chi connectivity index (χ2v) is 6.76. The van der Waals surface area contributed by atoms with Gasteiger partial charge in [-0.2, -0.15) is 4.99 Å². The lowest BCUT2D eigenvalue weighted by Gasteiger charge is -2.41. The van der Waals surface area contributed by atoms with Crippen molar-refractivity contribution in [1.29, 1.82) is 0 Å². The fraction of sp³-hybridized carbons (Fsp3) is 0.312. The molecule has 1 N–H and O–H groups in total. The second-order valence-electron chi connectivity index (χ2n) is 5.76. The van der Waals surface area contributed by atoms with E-state index in [1.165, 1.54) is 7.11 Å². The van der Waals surface area contributed by atoms with E-state index in [9.17, 15) is 14.4 Å². The van der Waals surface area contributed by atoms with Crippen molar-refractivity contribution in [1.82, 2.24) is 9.88 Å². The van der Waals surface area contributed by atoms with Gasteiger partial charge in [0.1, 0.15) is 16.3 Å². The minimum atomic E-state index is -1.14. The number of carbonyl (C=O) groups excluding carboxylic acids is 3. The molecule has 1 aromatic heterocycles. The molecular formula is C16H16N4O4S. The number of nitrogens with zero attached hydrogens (tertiary/aromatic N) is 3. The number of fused-ring (bicyclic) bond motifs is 1. The average Bonchev–Trinajstić information content (AvgIpc) is 2.94. The zero-order valence-corrected chi connectivity index (χ0v) is 14.7. The monoisotopic (exact) mass is 360 g/mol. The summed E-state index contributed by atoms with van der Waals surface area (Å²) in [7, 11) is 1.28. The third-order valence-electron chi connectivity index (χ3n) is 3.98. The molecule has 1 unspecified atom stereocenters. The van der Waals surface area contributed by atoms with Gasteiger partial charge >= 0.3 is 5.97 Å². The maximum Gasteiger partial charge on any atom is 0.350 e. The molecule has 1 aromatic rings. The lowest BCUT2D eigenvalue weighted by molar-refractivity contribution is -0.130. The number of amides is 2. The number of methoxy groups -OCH3 is 1. The number of rotatable bonds is 3. The van der Waals surface area contributed by atoms with Gasteiger partial charge < -0.3 is 9.64 Å². The van der Waals surface area contributed by atoms with Gasteiger partial charge in [0.2, 0.25) is 0 Å². The summed E-state index contributed by atoms with van der Waals surface area (Å²) in [6, 6.07) is 0. The Morgan fingerprint density at radius 3 is 2.88 bits per heavy atom. The summed E-state index contributed by atoms with van der Waals surface area (Å²) < 4.78 is 4.69. The predicted molar refractivity (Wildman–Crippen MR) is 92.4 cm³/mol. The molecule has 0 aliphatic carbocycles. The van der Waals surface area contributed by atoms with Crippen LogP contribution in [0.25, 0.3) is 0 Å². The van der Waals surface area contributed by atoms with E-state index < -0.39 is 17.4 Å². The van der Waals surface area contributed by atoms with Crippen LogP contribution in [0.4, 0.5) is 5.13 Å². The number of amidine groups is 1. The highest BCUT2D eigenvalue weighted by Crippen LogP contribution is 2.30. The lowest BCUT2D eigenvalue weighted by Crippen LogP contribution is -2.58. The van der Waals surface area contributed by atoms with Crippen molar-refractivity contribution < 1.29 is 19.1 Å². The quantitative estimate of drug-likeness (QED) is 0.823. The van der Waals surface area contributed by atoms with E-state index in [0.29, 0.717) is 16.4 Å². The summed E-state index contributed by atoms with van der Waals surface area (Å²) in [5, 5.41) is 2.97. The van der Waals surface area contributed by atoms with Crippen molar-refractivity contribution in [2.75, 3.05) is 12.4 Å². The van der Waals surface area contributed by atoms with Gasteiger partial charge in [-0.3, -0.25) is 14.9 Å². The van der Waals surface area contributed by atoms with Crippen LogP contribution in [-0.2, 0) is 14.3 Å². The molecule has 130 valence electrons. The molecule has 2 amide bonds. The third-order valence-corrected chi connectivity index (χ3v) is 5.03. The van der Waals surface area contributed by atoms with Gasteiger partial charge in [-0.1, -0.05) is 17.4 Å². The Hall–Kier alpha value is -2.81. The standard InChI is InChI=1S/C16H16N4O4S/c1-9-12(13(22)24-3)25-15(17-9)19-14(23)16(2)8-11(21)18-10-6-4-5-7-20(10)16/h4-7H,8H2,1-3H3,(H,17,19,23). The van der Waals surface area contributed by atoms with Gasteiger partial charge in [-0.15, -0.1) is 0 Å². The minimum Gasteiger partial charge on any atom is -0.465 e. The summed E-state index contributed by atoms with van der Waals surface area (Å²) in [5.74, 6) is -0.858. The predicted octanol–water partition coefficient (Wildman–Crippen LogP) is 1.65. The summed E-state index contributed by atoms with van der Waals surface area (Å²) in [4.78, 5) is 46.6. The topological polar surface area (TPSA) is 101 Å². The summed E-state index contributed by atoms with van der Waals surface area (Å²) >= 11 is 1.03. The number of anilines is 1. The van der Waals surface area contributed by atoms with Gasteiger partial charge in [-0.25, -0.2) is 9.78 Å². The first-order valence-corrected chi connectivity index (χ1v) is 8.30. The van der Waals surface area contributed by atoms with Crippen molar-refractivity contribution >= 4 is 40.1 Å². The fourth-order valence-corrected chi connectivity index (χ4v) is 3.52. The van der Waals surface area contributed by atoms with Gasteiger partial charge in [0.25, 0.3) is 11.8 Å². The summed E-state index contributed by atoms with van der Waals surface area (Å²) in [6.07, 6.45) is 6.83.